The SMILES string of the molecule is O=C(O)c1ccc(S(=O)(=O)NC2(CO)CCOCC2)o1. The molecule has 1 aliphatic rings. The second-order valence-corrected chi connectivity index (χ2v) is 6.19. The third kappa shape index (κ3) is 3.01. The Morgan fingerprint density at radius 2 is 2.00 bits per heavy atom. The van der Waals surface area contributed by atoms with Crippen LogP contribution in [0.3, 0.4) is 0 Å². The highest BCUT2D eigenvalue weighted by molar-refractivity contribution is 7.89. The van der Waals surface area contributed by atoms with Crippen LogP contribution >= 0.6 is 0 Å². The number of hydrogen-bond donors (Lipinski definition) is 3. The van der Waals surface area contributed by atoms with Crippen molar-refractivity contribution in [2.24, 2.45) is 0 Å². The zero-order valence-corrected chi connectivity index (χ0v) is 11.4. The topological polar surface area (TPSA) is 126 Å². The van der Waals surface area contributed by atoms with Gasteiger partial charge in [0, 0.05) is 13.2 Å². The molecule has 9 heteroatoms. The number of carboxylic acids is 1. The maximum atomic E-state index is 12.2. The van der Waals surface area contributed by atoms with E-state index in [1.807, 2.05) is 0 Å². The Kier molecular flexibility index (Phi) is 4.14. The van der Waals surface area contributed by atoms with Gasteiger partial charge in [0.15, 0.2) is 0 Å². The average molecular weight is 305 g/mol. The number of rotatable bonds is 5. The minimum absolute atomic E-state index is 0.329. The predicted octanol–water partition coefficient (Wildman–Crippen LogP) is -0.202. The van der Waals surface area contributed by atoms with E-state index in [2.05, 4.69) is 4.72 Å². The third-order valence-electron chi connectivity index (χ3n) is 3.16. The predicted molar refractivity (Wildman–Crippen MR) is 65.9 cm³/mol. The van der Waals surface area contributed by atoms with Crippen LogP contribution < -0.4 is 4.72 Å². The molecule has 0 aliphatic carbocycles. The second-order valence-electron chi connectivity index (χ2n) is 4.58. The van der Waals surface area contributed by atoms with E-state index in [1.165, 1.54) is 0 Å². The maximum Gasteiger partial charge on any atom is 0.371 e. The number of carbonyl (C=O) groups is 1. The van der Waals surface area contributed by atoms with Crippen LogP contribution in [0.5, 0.6) is 0 Å². The van der Waals surface area contributed by atoms with Crippen molar-refractivity contribution in [2.45, 2.75) is 23.5 Å². The van der Waals surface area contributed by atoms with Crippen molar-refractivity contribution in [3.8, 4) is 0 Å². The fourth-order valence-electron chi connectivity index (χ4n) is 1.97. The summed E-state index contributed by atoms with van der Waals surface area (Å²) >= 11 is 0. The number of aliphatic hydroxyl groups is 1. The molecule has 20 heavy (non-hydrogen) atoms. The Morgan fingerprint density at radius 3 is 2.50 bits per heavy atom. The number of furan rings is 1. The zero-order chi connectivity index (χ0) is 14.8. The van der Waals surface area contributed by atoms with Gasteiger partial charge in [-0.05, 0) is 25.0 Å². The third-order valence-corrected chi connectivity index (χ3v) is 4.61. The lowest BCUT2D eigenvalue weighted by Gasteiger charge is -2.35. The normalized spacial score (nSPS) is 18.9. The maximum absolute atomic E-state index is 12.2. The highest BCUT2D eigenvalue weighted by Gasteiger charge is 2.37. The number of aliphatic hydroxyl groups excluding tert-OH is 1. The van der Waals surface area contributed by atoms with Gasteiger partial charge in [-0.25, -0.2) is 13.2 Å². The largest absolute Gasteiger partial charge is 0.475 e. The standard InChI is InChI=1S/C11H15NO7S/c13-7-11(3-5-18-6-4-11)12-20(16,17)9-2-1-8(19-9)10(14)15/h1-2,12-13H,3-7H2,(H,14,15). The lowest BCUT2D eigenvalue weighted by Crippen LogP contribution is -2.54. The van der Waals surface area contributed by atoms with Crippen LogP contribution in [0.25, 0.3) is 0 Å². The Hall–Kier alpha value is -1.42. The first kappa shape index (κ1) is 15.0. The van der Waals surface area contributed by atoms with Crippen molar-refractivity contribution in [1.82, 2.24) is 4.72 Å². The number of aromatic carboxylic acids is 1. The van der Waals surface area contributed by atoms with Gasteiger partial charge >= 0.3 is 5.97 Å². The van der Waals surface area contributed by atoms with Crippen molar-refractivity contribution in [3.63, 3.8) is 0 Å². The molecule has 112 valence electrons. The minimum Gasteiger partial charge on any atom is -0.475 e. The molecule has 2 heterocycles. The zero-order valence-electron chi connectivity index (χ0n) is 10.5. The van der Waals surface area contributed by atoms with E-state index in [1.54, 1.807) is 0 Å². The lowest BCUT2D eigenvalue weighted by atomic mass is 9.93. The van der Waals surface area contributed by atoms with Crippen molar-refractivity contribution >= 4 is 16.0 Å². The van der Waals surface area contributed by atoms with Gasteiger partial charge in [-0.15, -0.1) is 0 Å². The highest BCUT2D eigenvalue weighted by atomic mass is 32.2. The van der Waals surface area contributed by atoms with Crippen LogP contribution in [0.1, 0.15) is 23.4 Å². The smallest absolute Gasteiger partial charge is 0.371 e. The van der Waals surface area contributed by atoms with Gasteiger partial charge < -0.3 is 19.4 Å². The molecular weight excluding hydrogens is 290 g/mol. The molecule has 0 bridgehead atoms. The summed E-state index contributed by atoms with van der Waals surface area (Å²) < 4.78 is 36.6. The molecule has 1 saturated heterocycles. The fourth-order valence-corrected chi connectivity index (χ4v) is 3.36. The van der Waals surface area contributed by atoms with E-state index in [0.717, 1.165) is 12.1 Å². The number of nitrogens with one attached hydrogen (secondary N) is 1. The van der Waals surface area contributed by atoms with E-state index in [-0.39, 0.29) is 6.61 Å². The summed E-state index contributed by atoms with van der Waals surface area (Å²) in [4.78, 5) is 10.7. The molecule has 1 aliphatic heterocycles. The van der Waals surface area contributed by atoms with E-state index in [9.17, 15) is 18.3 Å². The molecule has 0 radical (unpaired) electrons. The van der Waals surface area contributed by atoms with E-state index >= 15 is 0 Å². The second kappa shape index (κ2) is 5.52. The van der Waals surface area contributed by atoms with Gasteiger partial charge in [0.1, 0.15) is 0 Å². The summed E-state index contributed by atoms with van der Waals surface area (Å²) in [5, 5.41) is 17.7. The van der Waals surface area contributed by atoms with E-state index < -0.39 is 32.4 Å². The number of sulfonamides is 1. The van der Waals surface area contributed by atoms with Crippen molar-refractivity contribution in [1.29, 1.82) is 0 Å². The molecule has 8 nitrogen and oxygen atoms in total. The fraction of sp³-hybridized carbons (Fsp3) is 0.545. The average Bonchev–Trinajstić information content (AvgIpc) is 2.90. The molecule has 3 N–H and O–H groups in total. The van der Waals surface area contributed by atoms with Gasteiger partial charge in [0.25, 0.3) is 10.0 Å². The first-order valence-corrected chi connectivity index (χ1v) is 7.43. The summed E-state index contributed by atoms with van der Waals surface area (Å²) in [7, 11) is -4.04. The monoisotopic (exact) mass is 305 g/mol. The molecule has 1 fully saturated rings. The first-order chi connectivity index (χ1) is 9.38. The highest BCUT2D eigenvalue weighted by Crippen LogP contribution is 2.24. The number of ether oxygens (including phenoxy) is 1. The minimum atomic E-state index is -4.04. The molecule has 1 aromatic heterocycles. The van der Waals surface area contributed by atoms with Crippen molar-refractivity contribution in [3.05, 3.63) is 17.9 Å². The van der Waals surface area contributed by atoms with Crippen LogP contribution in [-0.2, 0) is 14.8 Å². The first-order valence-electron chi connectivity index (χ1n) is 5.94. The summed E-state index contributed by atoms with van der Waals surface area (Å²) in [5.41, 5.74) is -1.01. The van der Waals surface area contributed by atoms with E-state index in [4.69, 9.17) is 14.3 Å². The molecular formula is C11H15NO7S. The molecule has 0 aromatic carbocycles. The Bertz CT molecular complexity index is 586. The van der Waals surface area contributed by atoms with E-state index in [0.29, 0.717) is 26.1 Å². The molecule has 0 unspecified atom stereocenters. The Morgan fingerprint density at radius 1 is 1.35 bits per heavy atom. The Balaban J connectivity index is 2.23. The van der Waals surface area contributed by atoms with Crippen LogP contribution in [-0.4, -0.2) is 50.0 Å². The van der Waals surface area contributed by atoms with Crippen LogP contribution in [0.2, 0.25) is 0 Å². The van der Waals surface area contributed by atoms with Crippen molar-refractivity contribution < 1.29 is 32.6 Å². The quantitative estimate of drug-likeness (QED) is 0.687. The molecule has 2 rings (SSSR count). The molecule has 1 aromatic rings. The van der Waals surface area contributed by atoms with Gasteiger partial charge in [-0.1, -0.05) is 0 Å². The lowest BCUT2D eigenvalue weighted by molar-refractivity contribution is 0.0221. The van der Waals surface area contributed by atoms with Gasteiger partial charge in [0.05, 0.1) is 12.1 Å². The summed E-state index contributed by atoms with van der Waals surface area (Å²) in [5.74, 6) is -1.82. The molecule has 0 amide bonds. The molecule has 0 atom stereocenters. The number of hydrogen-bond acceptors (Lipinski definition) is 6. The summed E-state index contributed by atoms with van der Waals surface area (Å²) in [6.07, 6.45) is 0.657. The van der Waals surface area contributed by atoms with Gasteiger partial charge in [-0.3, -0.25) is 0 Å². The van der Waals surface area contributed by atoms with Crippen molar-refractivity contribution in [2.75, 3.05) is 19.8 Å². The Labute approximate surface area is 115 Å². The van der Waals surface area contributed by atoms with Gasteiger partial charge in [0.2, 0.25) is 10.9 Å². The summed E-state index contributed by atoms with van der Waals surface area (Å²) in [6.45, 7) is 0.297. The summed E-state index contributed by atoms with van der Waals surface area (Å²) in [6, 6.07) is 2.13. The number of carboxylic acid groups (broad SMARTS) is 1. The molecule has 0 saturated carbocycles. The van der Waals surface area contributed by atoms with Gasteiger partial charge in [-0.2, -0.15) is 4.72 Å². The van der Waals surface area contributed by atoms with Crippen LogP contribution in [0, 0.1) is 0 Å². The van der Waals surface area contributed by atoms with Crippen LogP contribution in [0.15, 0.2) is 21.6 Å². The van der Waals surface area contributed by atoms with Crippen LogP contribution in [0.4, 0.5) is 0 Å². The molecule has 0 spiro atoms.